The van der Waals surface area contributed by atoms with Gasteiger partial charge in [0.2, 0.25) is 0 Å². The third-order valence-corrected chi connectivity index (χ3v) is 13.3. The zero-order chi connectivity index (χ0) is 54.2. The highest BCUT2D eigenvalue weighted by molar-refractivity contribution is 7.45. The van der Waals surface area contributed by atoms with Crippen LogP contribution < -0.4 is 4.89 Å². The van der Waals surface area contributed by atoms with E-state index in [4.69, 9.17) is 18.5 Å². The van der Waals surface area contributed by atoms with E-state index in [9.17, 15) is 19.0 Å². The smallest absolute Gasteiger partial charge is 0.310 e. The molecule has 0 saturated carbocycles. The lowest BCUT2D eigenvalue weighted by Crippen LogP contribution is -2.37. The molecule has 0 aliphatic heterocycles. The first kappa shape index (κ1) is 70.7. The maximum absolute atomic E-state index is 12.7. The van der Waals surface area contributed by atoms with Crippen LogP contribution >= 0.6 is 7.82 Å². The maximum atomic E-state index is 12.7. The van der Waals surface area contributed by atoms with E-state index in [2.05, 4.69) is 105 Å². The van der Waals surface area contributed by atoms with Gasteiger partial charge in [0, 0.05) is 6.42 Å². The van der Waals surface area contributed by atoms with Gasteiger partial charge >= 0.3 is 11.9 Å². The summed E-state index contributed by atoms with van der Waals surface area (Å²) in [6, 6.07) is 0. The summed E-state index contributed by atoms with van der Waals surface area (Å²) in [5, 5.41) is 0. The predicted octanol–water partition coefficient (Wildman–Crippen LogP) is 18.0. The topological polar surface area (TPSA) is 111 Å². The highest BCUT2D eigenvalue weighted by atomic mass is 31.2. The fourth-order valence-electron chi connectivity index (χ4n) is 7.84. The molecule has 2 unspecified atom stereocenters. The van der Waals surface area contributed by atoms with E-state index in [1.54, 1.807) is 6.08 Å². The molecule has 0 spiro atoms. The molecule has 0 N–H and O–H groups in total. The average Bonchev–Trinajstić information content (AvgIpc) is 3.36. The summed E-state index contributed by atoms with van der Waals surface area (Å²) >= 11 is 0. The highest BCUT2D eigenvalue weighted by Gasteiger charge is 2.21. The Hall–Kier alpha value is -3.33. The Balaban J connectivity index is 4.03. The number of nitrogens with zero attached hydrogens (tertiary/aromatic N) is 1. The van der Waals surface area contributed by atoms with E-state index in [1.165, 1.54) is 128 Å². The van der Waals surface area contributed by atoms with Crippen molar-refractivity contribution in [3.05, 3.63) is 109 Å². The Bertz CT molecular complexity index is 1620. The molecule has 0 fully saturated rings. The molecular weight excluding hydrogens is 942 g/mol. The van der Waals surface area contributed by atoms with Crippen LogP contribution in [0.1, 0.15) is 232 Å². The summed E-state index contributed by atoms with van der Waals surface area (Å²) < 4.78 is 33.9. The number of carbonyl (C=O) groups excluding carboxylic acids is 2. The van der Waals surface area contributed by atoms with E-state index in [-0.39, 0.29) is 26.1 Å². The van der Waals surface area contributed by atoms with E-state index in [1.807, 2.05) is 33.3 Å². The summed E-state index contributed by atoms with van der Waals surface area (Å²) in [6.07, 6.45) is 76.3. The molecule has 9 nitrogen and oxygen atoms in total. The van der Waals surface area contributed by atoms with Crippen LogP contribution in [-0.4, -0.2) is 70.0 Å². The molecule has 0 heterocycles. The summed E-state index contributed by atoms with van der Waals surface area (Å²) in [7, 11) is 1.10. The van der Waals surface area contributed by atoms with Crippen LogP contribution in [0.3, 0.4) is 0 Å². The molecule has 0 aliphatic rings. The second-order valence-electron chi connectivity index (χ2n) is 20.6. The monoisotopic (exact) mass is 1050 g/mol. The van der Waals surface area contributed by atoms with Gasteiger partial charge in [-0.3, -0.25) is 14.2 Å². The first-order valence-electron chi connectivity index (χ1n) is 29.6. The predicted molar refractivity (Wildman–Crippen MR) is 314 cm³/mol. The third kappa shape index (κ3) is 57.9. The fourth-order valence-corrected chi connectivity index (χ4v) is 8.57. The Morgan fingerprint density at radius 1 is 0.432 bits per heavy atom. The minimum absolute atomic E-state index is 0.0102. The Morgan fingerprint density at radius 3 is 1.15 bits per heavy atom. The van der Waals surface area contributed by atoms with Crippen LogP contribution in [0.2, 0.25) is 0 Å². The molecule has 74 heavy (non-hydrogen) atoms. The number of unbranched alkanes of at least 4 members (excludes halogenated alkanes) is 22. The largest absolute Gasteiger partial charge is 0.756 e. The van der Waals surface area contributed by atoms with Crippen LogP contribution in [0, 0.1) is 0 Å². The minimum atomic E-state index is -4.66. The van der Waals surface area contributed by atoms with Crippen molar-refractivity contribution in [2.45, 2.75) is 238 Å². The molecule has 0 aliphatic carbocycles. The molecular formula is C64H110NO8P. The molecule has 10 heteroatoms. The van der Waals surface area contributed by atoms with E-state index < -0.39 is 32.5 Å². The molecule has 2 atom stereocenters. The molecule has 0 aromatic rings. The maximum Gasteiger partial charge on any atom is 0.310 e. The van der Waals surface area contributed by atoms with Gasteiger partial charge in [-0.2, -0.15) is 0 Å². The van der Waals surface area contributed by atoms with Crippen LogP contribution in [0.25, 0.3) is 0 Å². The van der Waals surface area contributed by atoms with Crippen LogP contribution in [0.5, 0.6) is 0 Å². The standard InChI is InChI=1S/C64H110NO8P/c1-6-8-10-12-14-16-18-20-22-23-24-25-26-27-28-29-30-31-32-33-34-35-36-37-38-39-40-41-43-44-46-48-50-52-54-56-63(66)70-60-62(61-72-74(68,69)71-59-58-65(3,4)5)73-64(67)57-55-53-51-49-47-45-42-21-19-17-15-13-11-9-7-2/h8-11,14-17,20-22,24-25,42,47,49,53,55,62H,6-7,12-13,18-19,23,26-41,43-46,48,50-52,54,56-61H2,1-5H3/b10-8-,11-9-,16-14-,17-15-,22-20-,25-24-,42-21-,49-47-,55-53-. The van der Waals surface area contributed by atoms with E-state index >= 15 is 0 Å². The Labute approximate surface area is 455 Å². The number of phosphoric ester groups is 1. The van der Waals surface area contributed by atoms with Crippen LogP contribution in [-0.2, 0) is 32.7 Å². The molecule has 0 aromatic heterocycles. The Kier molecular flexibility index (Phi) is 52.0. The molecule has 0 amide bonds. The lowest BCUT2D eigenvalue weighted by atomic mass is 10.0. The lowest BCUT2D eigenvalue weighted by molar-refractivity contribution is -0.870. The normalized spacial score (nSPS) is 14.1. The van der Waals surface area contributed by atoms with Crippen molar-refractivity contribution in [3.8, 4) is 0 Å². The SMILES string of the molecule is CC/C=C\C/C=C\C/C=C\C/C=C\C/C=C\CC(=O)OC(COC(=O)CCCCCCCCCCCCCCCCCCCCCCCC/C=C\C/C=C\C/C=C\C/C=C\CC)COP(=O)([O-])OCC[N+](C)(C)C. The van der Waals surface area contributed by atoms with Gasteiger partial charge in [0.05, 0.1) is 34.2 Å². The first-order chi connectivity index (χ1) is 36.0. The molecule has 0 aromatic carbocycles. The van der Waals surface area contributed by atoms with Gasteiger partial charge in [-0.05, 0) is 77.0 Å². The van der Waals surface area contributed by atoms with Gasteiger partial charge in [0.25, 0.3) is 7.82 Å². The molecule has 0 bridgehead atoms. The van der Waals surface area contributed by atoms with Gasteiger partial charge in [0.15, 0.2) is 6.10 Å². The lowest BCUT2D eigenvalue weighted by Gasteiger charge is -2.28. The summed E-state index contributed by atoms with van der Waals surface area (Å²) in [4.78, 5) is 37.7. The van der Waals surface area contributed by atoms with Gasteiger partial charge in [-0.15, -0.1) is 0 Å². The van der Waals surface area contributed by atoms with Crippen molar-refractivity contribution in [1.82, 2.24) is 0 Å². The first-order valence-corrected chi connectivity index (χ1v) is 31.1. The van der Waals surface area contributed by atoms with Crippen molar-refractivity contribution in [2.75, 3.05) is 47.5 Å². The summed E-state index contributed by atoms with van der Waals surface area (Å²) in [5.41, 5.74) is 0. The second kappa shape index (κ2) is 54.5. The number of rotatable bonds is 53. The van der Waals surface area contributed by atoms with Crippen molar-refractivity contribution in [2.24, 2.45) is 0 Å². The highest BCUT2D eigenvalue weighted by Crippen LogP contribution is 2.38. The summed E-state index contributed by atoms with van der Waals surface area (Å²) in [5.74, 6) is -0.981. The number of allylic oxidation sites excluding steroid dienone is 17. The van der Waals surface area contributed by atoms with Gasteiger partial charge < -0.3 is 27.9 Å². The van der Waals surface area contributed by atoms with E-state index in [0.717, 1.165) is 64.2 Å². The van der Waals surface area contributed by atoms with Crippen LogP contribution in [0.15, 0.2) is 109 Å². The number of likely N-dealkylation sites (N-methyl/N-ethyl adjacent to an activating group) is 1. The van der Waals surface area contributed by atoms with Crippen LogP contribution in [0.4, 0.5) is 0 Å². The third-order valence-electron chi connectivity index (χ3n) is 12.3. The molecule has 424 valence electrons. The Morgan fingerprint density at radius 2 is 0.770 bits per heavy atom. The summed E-state index contributed by atoms with van der Waals surface area (Å²) in [6.45, 7) is 3.90. The number of phosphoric acid groups is 1. The number of quaternary nitrogens is 1. The van der Waals surface area contributed by atoms with E-state index in [0.29, 0.717) is 23.9 Å². The number of hydrogen-bond acceptors (Lipinski definition) is 8. The number of ether oxygens (including phenoxy) is 2. The average molecular weight is 1050 g/mol. The number of carbonyl (C=O) groups is 2. The van der Waals surface area contributed by atoms with Crippen molar-refractivity contribution >= 4 is 19.8 Å². The number of hydrogen-bond donors (Lipinski definition) is 0. The van der Waals surface area contributed by atoms with Gasteiger partial charge in [-0.1, -0.05) is 252 Å². The van der Waals surface area contributed by atoms with Crippen molar-refractivity contribution < 1.29 is 42.1 Å². The fraction of sp³-hybridized carbons (Fsp3) is 0.688. The molecule has 0 radical (unpaired) electrons. The zero-order valence-electron chi connectivity index (χ0n) is 48.0. The minimum Gasteiger partial charge on any atom is -0.756 e. The zero-order valence-corrected chi connectivity index (χ0v) is 48.9. The van der Waals surface area contributed by atoms with Gasteiger partial charge in [-0.25, -0.2) is 0 Å². The number of esters is 2. The van der Waals surface area contributed by atoms with Gasteiger partial charge in [0.1, 0.15) is 19.8 Å². The quantitative estimate of drug-likeness (QED) is 0.0195. The molecule has 0 rings (SSSR count). The van der Waals surface area contributed by atoms with Crippen molar-refractivity contribution in [3.63, 3.8) is 0 Å². The van der Waals surface area contributed by atoms with Crippen molar-refractivity contribution in [1.29, 1.82) is 0 Å². The second-order valence-corrected chi connectivity index (χ2v) is 22.0. The molecule has 0 saturated heterocycles.